The van der Waals surface area contributed by atoms with Gasteiger partial charge in [-0.25, -0.2) is 9.37 Å². The molecular formula is C21H14Cl2FN3O. The number of halogens is 3. The minimum absolute atomic E-state index is 0.00805. The molecule has 2 N–H and O–H groups in total. The molecule has 1 atom stereocenters. The second-order valence-electron chi connectivity index (χ2n) is 6.15. The first-order valence-electron chi connectivity index (χ1n) is 8.43. The maximum Gasteiger partial charge on any atom is 0.147 e. The molecule has 0 aliphatic rings. The van der Waals surface area contributed by atoms with Crippen molar-refractivity contribution in [3.63, 3.8) is 0 Å². The number of rotatable bonds is 4. The summed E-state index contributed by atoms with van der Waals surface area (Å²) in [7, 11) is 0. The van der Waals surface area contributed by atoms with Gasteiger partial charge in [-0.3, -0.25) is 4.98 Å². The van der Waals surface area contributed by atoms with E-state index in [4.69, 9.17) is 23.2 Å². The average Bonchev–Trinajstić information content (AvgIpc) is 2.69. The number of phenolic OH excluding ortho intramolecular Hbond substituents is 1. The highest BCUT2D eigenvalue weighted by molar-refractivity contribution is 6.36. The third-order valence-corrected chi connectivity index (χ3v) is 5.06. The number of anilines is 1. The highest BCUT2D eigenvalue weighted by atomic mass is 35.5. The highest BCUT2D eigenvalue weighted by Crippen LogP contribution is 2.41. The quantitative estimate of drug-likeness (QED) is 0.431. The molecule has 0 saturated heterocycles. The number of aromatic hydroxyl groups is 1. The van der Waals surface area contributed by atoms with Crippen LogP contribution in [0.25, 0.3) is 10.9 Å². The Morgan fingerprint density at radius 3 is 2.43 bits per heavy atom. The van der Waals surface area contributed by atoms with E-state index in [1.165, 1.54) is 12.1 Å². The van der Waals surface area contributed by atoms with Gasteiger partial charge in [-0.15, -0.1) is 0 Å². The van der Waals surface area contributed by atoms with Crippen LogP contribution in [0.1, 0.15) is 17.2 Å². The van der Waals surface area contributed by atoms with Crippen molar-refractivity contribution in [3.05, 3.63) is 94.0 Å². The molecule has 4 rings (SSSR count). The van der Waals surface area contributed by atoms with Gasteiger partial charge in [-0.2, -0.15) is 0 Å². The van der Waals surface area contributed by atoms with Crippen molar-refractivity contribution in [2.24, 2.45) is 0 Å². The molecule has 140 valence electrons. The molecule has 2 aromatic carbocycles. The van der Waals surface area contributed by atoms with Crippen molar-refractivity contribution in [2.75, 3.05) is 5.32 Å². The van der Waals surface area contributed by atoms with Crippen LogP contribution in [-0.2, 0) is 0 Å². The molecule has 0 bridgehead atoms. The highest BCUT2D eigenvalue weighted by Gasteiger charge is 2.24. The molecule has 4 nitrogen and oxygen atoms in total. The summed E-state index contributed by atoms with van der Waals surface area (Å²) in [6, 6.07) is 14.6. The maximum atomic E-state index is 13.3. The van der Waals surface area contributed by atoms with E-state index >= 15 is 0 Å². The Morgan fingerprint density at radius 2 is 1.71 bits per heavy atom. The zero-order valence-electron chi connectivity index (χ0n) is 14.4. The van der Waals surface area contributed by atoms with Gasteiger partial charge in [0.25, 0.3) is 0 Å². The minimum Gasteiger partial charge on any atom is -0.505 e. The molecule has 0 aliphatic heterocycles. The molecule has 0 fully saturated rings. The number of hydrogen-bond donors (Lipinski definition) is 2. The molecule has 0 saturated carbocycles. The van der Waals surface area contributed by atoms with Crippen molar-refractivity contribution >= 4 is 39.9 Å². The van der Waals surface area contributed by atoms with Crippen molar-refractivity contribution in [3.8, 4) is 5.75 Å². The smallest absolute Gasteiger partial charge is 0.147 e. The second-order valence-corrected chi connectivity index (χ2v) is 6.97. The van der Waals surface area contributed by atoms with Crippen LogP contribution in [0.2, 0.25) is 10.0 Å². The Morgan fingerprint density at radius 1 is 0.929 bits per heavy atom. The first-order chi connectivity index (χ1) is 13.5. The summed E-state index contributed by atoms with van der Waals surface area (Å²) in [5.41, 5.74) is 1.55. The molecule has 7 heteroatoms. The lowest BCUT2D eigenvalue weighted by atomic mass is 9.96. The van der Waals surface area contributed by atoms with Gasteiger partial charge >= 0.3 is 0 Å². The fourth-order valence-electron chi connectivity index (χ4n) is 3.08. The lowest BCUT2D eigenvalue weighted by Gasteiger charge is -2.23. The van der Waals surface area contributed by atoms with Gasteiger partial charge in [0.1, 0.15) is 22.9 Å². The van der Waals surface area contributed by atoms with Crippen molar-refractivity contribution < 1.29 is 9.50 Å². The zero-order valence-corrected chi connectivity index (χ0v) is 15.9. The number of aromatic nitrogens is 2. The summed E-state index contributed by atoms with van der Waals surface area (Å²) in [5, 5.41) is 15.8. The number of benzene rings is 2. The van der Waals surface area contributed by atoms with Gasteiger partial charge in [-0.1, -0.05) is 47.5 Å². The van der Waals surface area contributed by atoms with Gasteiger partial charge in [0.15, 0.2) is 0 Å². The van der Waals surface area contributed by atoms with E-state index in [9.17, 15) is 9.50 Å². The van der Waals surface area contributed by atoms with Gasteiger partial charge in [0.2, 0.25) is 0 Å². The predicted molar refractivity (Wildman–Crippen MR) is 110 cm³/mol. The van der Waals surface area contributed by atoms with Gasteiger partial charge in [0, 0.05) is 32.8 Å². The monoisotopic (exact) mass is 413 g/mol. The SMILES string of the molecule is Oc1c(C(Nc2ccc(F)cn2)c2c(Cl)cccc2Cl)ccc2cccnc12. The summed E-state index contributed by atoms with van der Waals surface area (Å²) in [5.74, 6) is -0.0350. The molecule has 0 spiro atoms. The zero-order chi connectivity index (χ0) is 19.7. The topological polar surface area (TPSA) is 58.0 Å². The van der Waals surface area contributed by atoms with Crippen molar-refractivity contribution in [2.45, 2.75) is 6.04 Å². The second kappa shape index (κ2) is 7.62. The van der Waals surface area contributed by atoms with Gasteiger partial charge < -0.3 is 10.4 Å². The van der Waals surface area contributed by atoms with Crippen LogP contribution in [0.15, 0.2) is 67.0 Å². The Balaban J connectivity index is 1.90. The molecule has 2 heterocycles. The Labute approximate surface area is 170 Å². The molecular weight excluding hydrogens is 400 g/mol. The first kappa shape index (κ1) is 18.5. The van der Waals surface area contributed by atoms with Crippen LogP contribution in [-0.4, -0.2) is 15.1 Å². The first-order valence-corrected chi connectivity index (χ1v) is 9.19. The number of nitrogens with zero attached hydrogens (tertiary/aromatic N) is 2. The van der Waals surface area contributed by atoms with E-state index in [0.29, 0.717) is 32.5 Å². The van der Waals surface area contributed by atoms with E-state index in [1.54, 1.807) is 36.5 Å². The average molecular weight is 414 g/mol. The molecule has 28 heavy (non-hydrogen) atoms. The maximum absolute atomic E-state index is 13.3. The van der Waals surface area contributed by atoms with Crippen LogP contribution in [0.5, 0.6) is 5.75 Å². The van der Waals surface area contributed by atoms with Crippen LogP contribution < -0.4 is 5.32 Å². The number of pyridine rings is 2. The predicted octanol–water partition coefficient (Wildman–Crippen LogP) is 5.98. The fourth-order valence-corrected chi connectivity index (χ4v) is 3.69. The standard InChI is InChI=1S/C21H14Cl2FN3O/c22-15-4-1-5-16(23)18(15)20(27-17-9-7-13(24)11-26-17)14-8-6-12-3-2-10-25-19(12)21(14)28/h1-11,20,28H,(H,26,27). The van der Waals surface area contributed by atoms with Crippen LogP contribution in [0.4, 0.5) is 10.2 Å². The van der Waals surface area contributed by atoms with Crippen LogP contribution in [0, 0.1) is 5.82 Å². The van der Waals surface area contributed by atoms with E-state index < -0.39 is 11.9 Å². The molecule has 4 aromatic rings. The Hall–Kier alpha value is -2.89. The lowest BCUT2D eigenvalue weighted by Crippen LogP contribution is -2.15. The summed E-state index contributed by atoms with van der Waals surface area (Å²) < 4.78 is 13.3. The molecule has 2 aromatic heterocycles. The summed E-state index contributed by atoms with van der Waals surface area (Å²) in [4.78, 5) is 8.32. The van der Waals surface area contributed by atoms with Crippen molar-refractivity contribution in [1.29, 1.82) is 0 Å². The number of hydrogen-bond acceptors (Lipinski definition) is 4. The third-order valence-electron chi connectivity index (χ3n) is 4.40. The van der Waals surface area contributed by atoms with E-state index in [-0.39, 0.29) is 5.75 Å². The fraction of sp³-hybridized carbons (Fsp3) is 0.0476. The molecule has 1 unspecified atom stereocenters. The summed E-state index contributed by atoms with van der Waals surface area (Å²) in [6.07, 6.45) is 2.72. The largest absolute Gasteiger partial charge is 0.505 e. The van der Waals surface area contributed by atoms with E-state index in [2.05, 4.69) is 15.3 Å². The Bertz CT molecular complexity index is 1130. The number of fused-ring (bicyclic) bond motifs is 1. The lowest BCUT2D eigenvalue weighted by molar-refractivity contribution is 0.471. The van der Waals surface area contributed by atoms with Gasteiger partial charge in [0.05, 0.1) is 12.2 Å². The van der Waals surface area contributed by atoms with Gasteiger partial charge in [-0.05, 0) is 30.3 Å². The summed E-state index contributed by atoms with van der Waals surface area (Å²) in [6.45, 7) is 0. The number of nitrogens with one attached hydrogen (secondary N) is 1. The van der Waals surface area contributed by atoms with E-state index in [0.717, 1.165) is 11.6 Å². The minimum atomic E-state index is -0.634. The van der Waals surface area contributed by atoms with Crippen LogP contribution in [0.3, 0.4) is 0 Å². The number of phenols is 1. The van der Waals surface area contributed by atoms with E-state index in [1.807, 2.05) is 12.1 Å². The molecule has 0 aliphatic carbocycles. The van der Waals surface area contributed by atoms with Crippen molar-refractivity contribution in [1.82, 2.24) is 9.97 Å². The summed E-state index contributed by atoms with van der Waals surface area (Å²) >= 11 is 12.9. The molecule has 0 radical (unpaired) electrons. The third kappa shape index (κ3) is 3.46. The normalized spacial score (nSPS) is 12.1. The Kier molecular flexibility index (Phi) is 5.03. The molecule has 0 amide bonds. The van der Waals surface area contributed by atoms with Crippen LogP contribution >= 0.6 is 23.2 Å².